The first kappa shape index (κ1) is 20.6. The molecule has 2 aromatic carbocycles. The second-order valence-corrected chi connectivity index (χ2v) is 7.42. The summed E-state index contributed by atoms with van der Waals surface area (Å²) in [6.45, 7) is 1.23. The summed E-state index contributed by atoms with van der Waals surface area (Å²) >= 11 is 0. The Morgan fingerprint density at radius 3 is 2.55 bits per heavy atom. The summed E-state index contributed by atoms with van der Waals surface area (Å²) in [7, 11) is 1.59. The first-order valence-electron chi connectivity index (χ1n) is 10.1. The number of rotatable bonds is 5. The van der Waals surface area contributed by atoms with Crippen LogP contribution >= 0.6 is 0 Å². The number of methoxy groups -OCH3 is 1. The van der Waals surface area contributed by atoms with Crippen molar-refractivity contribution in [1.82, 2.24) is 9.78 Å². The first-order chi connectivity index (χ1) is 15.0. The lowest BCUT2D eigenvalue weighted by atomic mass is 9.97. The number of halogens is 1. The molecule has 31 heavy (non-hydrogen) atoms. The molecule has 2 heterocycles. The molecule has 4 rings (SSSR count). The van der Waals surface area contributed by atoms with E-state index in [-0.39, 0.29) is 23.2 Å². The van der Waals surface area contributed by atoms with Gasteiger partial charge in [-0.2, -0.15) is 4.68 Å². The Labute approximate surface area is 179 Å². The number of carbonyl (C=O) groups excluding carboxylic acids is 1. The number of anilines is 2. The van der Waals surface area contributed by atoms with E-state index >= 15 is 0 Å². The third-order valence-corrected chi connectivity index (χ3v) is 5.33. The van der Waals surface area contributed by atoms with Crippen LogP contribution in [0.4, 0.5) is 15.9 Å². The van der Waals surface area contributed by atoms with Crippen molar-refractivity contribution >= 4 is 17.4 Å². The fourth-order valence-corrected chi connectivity index (χ4v) is 3.66. The Morgan fingerprint density at radius 1 is 1.10 bits per heavy atom. The molecule has 1 saturated heterocycles. The van der Waals surface area contributed by atoms with Gasteiger partial charge in [0.15, 0.2) is 0 Å². The third kappa shape index (κ3) is 4.74. The molecule has 0 spiro atoms. The Morgan fingerprint density at radius 2 is 1.84 bits per heavy atom. The van der Waals surface area contributed by atoms with Gasteiger partial charge in [-0.1, -0.05) is 0 Å². The van der Waals surface area contributed by atoms with Gasteiger partial charge in [0.05, 0.1) is 18.7 Å². The Kier molecular flexibility index (Phi) is 5.97. The maximum atomic E-state index is 13.2. The summed E-state index contributed by atoms with van der Waals surface area (Å²) < 4.78 is 19.6. The van der Waals surface area contributed by atoms with Crippen LogP contribution in [-0.4, -0.2) is 35.9 Å². The molecule has 0 unspecified atom stereocenters. The number of piperidine rings is 1. The largest absolute Gasteiger partial charge is 0.497 e. The SMILES string of the molecule is COc1ccc(NC(=O)[C@@H]2CCCN(c3ccc(=O)n(-c4ccc(F)cc4)n3)C2)cc1. The van der Waals surface area contributed by atoms with Crippen molar-refractivity contribution in [2.75, 3.05) is 30.4 Å². The third-order valence-electron chi connectivity index (χ3n) is 5.33. The quantitative estimate of drug-likeness (QED) is 0.683. The highest BCUT2D eigenvalue weighted by atomic mass is 19.1. The van der Waals surface area contributed by atoms with Crippen molar-refractivity contribution in [3.63, 3.8) is 0 Å². The summed E-state index contributed by atoms with van der Waals surface area (Å²) in [5.74, 6) is 0.690. The Bertz CT molecular complexity index is 1110. The average Bonchev–Trinajstić information content (AvgIpc) is 2.80. The molecule has 8 heteroatoms. The molecule has 1 N–H and O–H groups in total. The fourth-order valence-electron chi connectivity index (χ4n) is 3.66. The zero-order chi connectivity index (χ0) is 21.8. The number of amides is 1. The van der Waals surface area contributed by atoms with Crippen molar-refractivity contribution < 1.29 is 13.9 Å². The molecule has 1 aromatic heterocycles. The van der Waals surface area contributed by atoms with Crippen LogP contribution in [0.3, 0.4) is 0 Å². The van der Waals surface area contributed by atoms with E-state index in [1.807, 2.05) is 4.90 Å². The van der Waals surface area contributed by atoms with E-state index in [0.29, 0.717) is 23.7 Å². The molecule has 7 nitrogen and oxygen atoms in total. The molecule has 3 aromatic rings. The van der Waals surface area contributed by atoms with Crippen molar-refractivity contribution in [1.29, 1.82) is 0 Å². The lowest BCUT2D eigenvalue weighted by molar-refractivity contribution is -0.120. The first-order valence-corrected chi connectivity index (χ1v) is 10.1. The predicted molar refractivity (Wildman–Crippen MR) is 116 cm³/mol. The lowest BCUT2D eigenvalue weighted by Gasteiger charge is -2.32. The number of aromatic nitrogens is 2. The van der Waals surface area contributed by atoms with Crippen LogP contribution in [0.5, 0.6) is 5.75 Å². The van der Waals surface area contributed by atoms with E-state index in [1.54, 1.807) is 37.4 Å². The van der Waals surface area contributed by atoms with Crippen LogP contribution in [0.1, 0.15) is 12.8 Å². The van der Waals surface area contributed by atoms with Crippen molar-refractivity contribution in [3.8, 4) is 11.4 Å². The molecular formula is C23H23FN4O3. The van der Waals surface area contributed by atoms with Gasteiger partial charge in [-0.3, -0.25) is 9.59 Å². The maximum Gasteiger partial charge on any atom is 0.271 e. The fraction of sp³-hybridized carbons (Fsp3) is 0.261. The minimum Gasteiger partial charge on any atom is -0.497 e. The number of hydrogen-bond donors (Lipinski definition) is 1. The van der Waals surface area contributed by atoms with Crippen LogP contribution < -0.4 is 20.5 Å². The molecule has 160 valence electrons. The van der Waals surface area contributed by atoms with Gasteiger partial charge in [-0.25, -0.2) is 4.39 Å². The number of nitrogens with one attached hydrogen (secondary N) is 1. The predicted octanol–water partition coefficient (Wildman–Crippen LogP) is 3.24. The molecule has 1 fully saturated rings. The molecule has 0 aliphatic carbocycles. The van der Waals surface area contributed by atoms with E-state index in [4.69, 9.17) is 4.74 Å². The van der Waals surface area contributed by atoms with E-state index in [2.05, 4.69) is 10.4 Å². The zero-order valence-electron chi connectivity index (χ0n) is 17.1. The van der Waals surface area contributed by atoms with Gasteiger partial charge in [0.1, 0.15) is 17.4 Å². The molecular weight excluding hydrogens is 399 g/mol. The van der Waals surface area contributed by atoms with Crippen LogP contribution in [0.15, 0.2) is 65.5 Å². The van der Waals surface area contributed by atoms with Gasteiger partial charge in [0.25, 0.3) is 5.56 Å². The molecule has 1 aliphatic heterocycles. The Hall–Kier alpha value is -3.68. The number of benzene rings is 2. The van der Waals surface area contributed by atoms with E-state index in [0.717, 1.165) is 25.1 Å². The maximum absolute atomic E-state index is 13.2. The highest BCUT2D eigenvalue weighted by molar-refractivity contribution is 5.93. The lowest BCUT2D eigenvalue weighted by Crippen LogP contribution is -2.41. The minimum atomic E-state index is -0.380. The monoisotopic (exact) mass is 422 g/mol. The van der Waals surface area contributed by atoms with Crippen LogP contribution in [0.25, 0.3) is 5.69 Å². The van der Waals surface area contributed by atoms with Crippen molar-refractivity contribution in [2.24, 2.45) is 5.92 Å². The normalized spacial score (nSPS) is 16.1. The second kappa shape index (κ2) is 8.99. The van der Waals surface area contributed by atoms with Gasteiger partial charge in [0.2, 0.25) is 5.91 Å². The average molecular weight is 422 g/mol. The summed E-state index contributed by atoms with van der Waals surface area (Å²) in [6.07, 6.45) is 1.61. The van der Waals surface area contributed by atoms with Gasteiger partial charge >= 0.3 is 0 Å². The molecule has 1 amide bonds. The zero-order valence-corrected chi connectivity index (χ0v) is 17.1. The molecule has 1 atom stereocenters. The number of nitrogens with zero attached hydrogens (tertiary/aromatic N) is 3. The van der Waals surface area contributed by atoms with Crippen molar-refractivity contribution in [3.05, 3.63) is 76.8 Å². The number of carbonyl (C=O) groups is 1. The van der Waals surface area contributed by atoms with E-state index in [9.17, 15) is 14.0 Å². The van der Waals surface area contributed by atoms with Crippen LogP contribution in [0.2, 0.25) is 0 Å². The van der Waals surface area contributed by atoms with Gasteiger partial charge < -0.3 is 15.0 Å². The highest BCUT2D eigenvalue weighted by Crippen LogP contribution is 2.23. The highest BCUT2D eigenvalue weighted by Gasteiger charge is 2.27. The number of hydrogen-bond acceptors (Lipinski definition) is 5. The van der Waals surface area contributed by atoms with Crippen LogP contribution in [0, 0.1) is 11.7 Å². The molecule has 0 bridgehead atoms. The van der Waals surface area contributed by atoms with Crippen molar-refractivity contribution in [2.45, 2.75) is 12.8 Å². The summed E-state index contributed by atoms with van der Waals surface area (Å²) in [5.41, 5.74) is 0.895. The van der Waals surface area contributed by atoms with Gasteiger partial charge in [-0.15, -0.1) is 5.10 Å². The summed E-state index contributed by atoms with van der Waals surface area (Å²) in [4.78, 5) is 27.1. The molecule has 0 saturated carbocycles. The van der Waals surface area contributed by atoms with Crippen LogP contribution in [-0.2, 0) is 4.79 Å². The summed E-state index contributed by atoms with van der Waals surface area (Å²) in [6, 6.07) is 15.9. The Balaban J connectivity index is 1.49. The minimum absolute atomic E-state index is 0.0540. The molecule has 1 aliphatic rings. The standard InChI is InChI=1S/C23H23FN4O3/c1-31-20-10-6-18(7-11-20)25-23(30)16-3-2-14-27(15-16)21-12-13-22(29)28(26-21)19-8-4-17(24)5-9-19/h4-13,16H,2-3,14-15H2,1H3,(H,25,30)/t16-/m1/s1. The number of ether oxygens (including phenoxy) is 1. The summed E-state index contributed by atoms with van der Waals surface area (Å²) in [5, 5.41) is 7.41. The molecule has 0 radical (unpaired) electrons. The van der Waals surface area contributed by atoms with Gasteiger partial charge in [0, 0.05) is 24.8 Å². The van der Waals surface area contributed by atoms with Gasteiger partial charge in [-0.05, 0) is 67.4 Å². The second-order valence-electron chi connectivity index (χ2n) is 7.42. The van der Waals surface area contributed by atoms with E-state index in [1.165, 1.54) is 35.0 Å². The smallest absolute Gasteiger partial charge is 0.271 e. The van der Waals surface area contributed by atoms with E-state index < -0.39 is 0 Å². The topological polar surface area (TPSA) is 76.5 Å².